The molecule has 1 aromatic rings. The van der Waals surface area contributed by atoms with Crippen LogP contribution in [0.5, 0.6) is 0 Å². The lowest BCUT2D eigenvalue weighted by atomic mass is 9.69. The quantitative estimate of drug-likeness (QED) is 0.872. The lowest BCUT2D eigenvalue weighted by molar-refractivity contribution is -0.121. The van der Waals surface area contributed by atoms with Gasteiger partial charge in [0.1, 0.15) is 0 Å². The Balaban J connectivity index is 1.47. The van der Waals surface area contributed by atoms with Crippen molar-refractivity contribution in [2.45, 2.75) is 53.0 Å². The number of nitrogens with one attached hydrogen (secondary N) is 1. The second-order valence-electron chi connectivity index (χ2n) is 8.99. The zero-order valence-corrected chi connectivity index (χ0v) is 16.6. The van der Waals surface area contributed by atoms with Crippen molar-refractivity contribution in [2.24, 2.45) is 17.3 Å². The number of morpholine rings is 1. The fraction of sp³-hybridized carbons (Fsp3) is 0.682. The second-order valence-corrected chi connectivity index (χ2v) is 8.99. The van der Waals surface area contributed by atoms with Crippen molar-refractivity contribution in [3.8, 4) is 0 Å². The molecule has 1 aliphatic carbocycles. The van der Waals surface area contributed by atoms with Crippen LogP contribution in [0, 0.1) is 17.3 Å². The Hall–Kier alpha value is -1.39. The largest absolute Gasteiger partial charge is 0.379 e. The van der Waals surface area contributed by atoms with Crippen LogP contribution in [0.1, 0.15) is 52.0 Å². The summed E-state index contributed by atoms with van der Waals surface area (Å²) in [7, 11) is 0. The number of carbonyl (C=O) groups excluding carboxylic acids is 1. The van der Waals surface area contributed by atoms with Crippen molar-refractivity contribution >= 4 is 11.6 Å². The first-order chi connectivity index (χ1) is 12.4. The lowest BCUT2D eigenvalue weighted by Gasteiger charge is -2.36. The van der Waals surface area contributed by atoms with Gasteiger partial charge in [-0.3, -0.25) is 9.69 Å². The Kier molecular flexibility index (Phi) is 6.36. The predicted molar refractivity (Wildman–Crippen MR) is 106 cm³/mol. The van der Waals surface area contributed by atoms with E-state index in [1.54, 1.807) is 0 Å². The molecule has 0 radical (unpaired) electrons. The van der Waals surface area contributed by atoms with E-state index in [0.29, 0.717) is 5.41 Å². The number of anilines is 1. The molecule has 2 aliphatic rings. The van der Waals surface area contributed by atoms with Crippen molar-refractivity contribution in [3.63, 3.8) is 0 Å². The van der Waals surface area contributed by atoms with Crippen molar-refractivity contribution < 1.29 is 9.53 Å². The maximum Gasteiger partial charge on any atom is 0.227 e. The third kappa shape index (κ3) is 5.31. The lowest BCUT2D eigenvalue weighted by Crippen LogP contribution is -2.35. The number of rotatable bonds is 4. The molecular formula is C22H34N2O2. The van der Waals surface area contributed by atoms with Gasteiger partial charge in [0, 0.05) is 31.2 Å². The predicted octanol–water partition coefficient (Wildman–Crippen LogP) is 4.31. The molecule has 0 bridgehead atoms. The summed E-state index contributed by atoms with van der Waals surface area (Å²) >= 11 is 0. The maximum absolute atomic E-state index is 12.6. The van der Waals surface area contributed by atoms with Gasteiger partial charge in [-0.05, 0) is 54.7 Å². The van der Waals surface area contributed by atoms with Crippen LogP contribution in [0.15, 0.2) is 24.3 Å². The summed E-state index contributed by atoms with van der Waals surface area (Å²) in [6, 6.07) is 8.33. The number of hydrogen-bond acceptors (Lipinski definition) is 3. The van der Waals surface area contributed by atoms with Crippen LogP contribution in [-0.2, 0) is 16.1 Å². The summed E-state index contributed by atoms with van der Waals surface area (Å²) in [6.07, 6.45) is 4.37. The second kappa shape index (κ2) is 8.53. The average Bonchev–Trinajstić information content (AvgIpc) is 2.63. The summed E-state index contributed by atoms with van der Waals surface area (Å²) in [5, 5.41) is 3.12. The van der Waals surface area contributed by atoms with Gasteiger partial charge in [0.15, 0.2) is 0 Å². The van der Waals surface area contributed by atoms with Gasteiger partial charge >= 0.3 is 0 Å². The molecule has 2 fully saturated rings. The molecule has 0 atom stereocenters. The first-order valence-corrected chi connectivity index (χ1v) is 10.1. The van der Waals surface area contributed by atoms with Gasteiger partial charge in [-0.2, -0.15) is 0 Å². The van der Waals surface area contributed by atoms with Gasteiger partial charge in [0.05, 0.1) is 13.2 Å². The third-order valence-electron chi connectivity index (χ3n) is 6.05. The Morgan fingerprint density at radius 3 is 2.27 bits per heavy atom. The van der Waals surface area contributed by atoms with Gasteiger partial charge in [-0.1, -0.05) is 32.9 Å². The summed E-state index contributed by atoms with van der Waals surface area (Å²) in [6.45, 7) is 11.5. The molecule has 0 unspecified atom stereocenters. The van der Waals surface area contributed by atoms with Crippen LogP contribution in [0.2, 0.25) is 0 Å². The van der Waals surface area contributed by atoms with Crippen LogP contribution in [-0.4, -0.2) is 37.1 Å². The summed E-state index contributed by atoms with van der Waals surface area (Å²) < 4.78 is 5.39. The van der Waals surface area contributed by atoms with Crippen molar-refractivity contribution in [1.82, 2.24) is 4.90 Å². The first kappa shape index (κ1) is 19.4. The number of carbonyl (C=O) groups is 1. The van der Waals surface area contributed by atoms with Crippen molar-refractivity contribution in [3.05, 3.63) is 29.8 Å². The zero-order chi connectivity index (χ0) is 18.6. The molecule has 1 saturated heterocycles. The number of benzene rings is 1. The van der Waals surface area contributed by atoms with E-state index in [-0.39, 0.29) is 11.8 Å². The molecule has 1 amide bonds. The smallest absolute Gasteiger partial charge is 0.227 e. The van der Waals surface area contributed by atoms with E-state index < -0.39 is 0 Å². The molecule has 1 N–H and O–H groups in total. The Morgan fingerprint density at radius 1 is 1.08 bits per heavy atom. The van der Waals surface area contributed by atoms with E-state index in [2.05, 4.69) is 43.1 Å². The van der Waals surface area contributed by atoms with Gasteiger partial charge in [-0.15, -0.1) is 0 Å². The van der Waals surface area contributed by atoms with E-state index in [1.807, 2.05) is 12.1 Å². The van der Waals surface area contributed by atoms with Gasteiger partial charge < -0.3 is 10.1 Å². The van der Waals surface area contributed by atoms with Crippen molar-refractivity contribution in [2.75, 3.05) is 31.6 Å². The van der Waals surface area contributed by atoms with E-state index in [4.69, 9.17) is 4.74 Å². The molecule has 26 heavy (non-hydrogen) atoms. The van der Waals surface area contributed by atoms with E-state index in [0.717, 1.165) is 57.3 Å². The SMILES string of the molecule is CC(C)(C)C1CCC(C(=O)Nc2ccc(CN3CCOCC3)cc2)CC1. The Morgan fingerprint density at radius 2 is 1.69 bits per heavy atom. The standard InChI is InChI=1S/C22H34N2O2/c1-22(2,3)19-8-6-18(7-9-19)21(25)23-20-10-4-17(5-11-20)16-24-12-14-26-15-13-24/h4-5,10-11,18-19H,6-9,12-16H2,1-3H3,(H,23,25). The number of nitrogens with zero attached hydrogens (tertiary/aromatic N) is 1. The van der Waals surface area contributed by atoms with Crippen molar-refractivity contribution in [1.29, 1.82) is 0 Å². The maximum atomic E-state index is 12.6. The first-order valence-electron chi connectivity index (χ1n) is 10.1. The number of ether oxygens (including phenoxy) is 1. The minimum atomic E-state index is 0.168. The van der Waals surface area contributed by atoms with Crippen LogP contribution < -0.4 is 5.32 Å². The highest BCUT2D eigenvalue weighted by atomic mass is 16.5. The highest BCUT2D eigenvalue weighted by Gasteiger charge is 2.32. The summed E-state index contributed by atoms with van der Waals surface area (Å²) in [4.78, 5) is 15.0. The molecule has 1 aliphatic heterocycles. The summed E-state index contributed by atoms with van der Waals surface area (Å²) in [5.41, 5.74) is 2.56. The van der Waals surface area contributed by atoms with Crippen LogP contribution in [0.25, 0.3) is 0 Å². The highest BCUT2D eigenvalue weighted by molar-refractivity contribution is 5.92. The molecule has 144 valence electrons. The minimum absolute atomic E-state index is 0.168. The molecular weight excluding hydrogens is 324 g/mol. The van der Waals surface area contributed by atoms with Gasteiger partial charge in [0.25, 0.3) is 0 Å². The molecule has 0 aromatic heterocycles. The van der Waals surface area contributed by atoms with Crippen LogP contribution in [0.4, 0.5) is 5.69 Å². The fourth-order valence-corrected chi connectivity index (χ4v) is 4.18. The van der Waals surface area contributed by atoms with Crippen LogP contribution >= 0.6 is 0 Å². The third-order valence-corrected chi connectivity index (χ3v) is 6.05. The normalized spacial score (nSPS) is 25.0. The monoisotopic (exact) mass is 358 g/mol. The number of hydrogen-bond donors (Lipinski definition) is 1. The molecule has 4 nitrogen and oxygen atoms in total. The Bertz CT molecular complexity index is 577. The molecule has 1 aromatic carbocycles. The van der Waals surface area contributed by atoms with E-state index in [9.17, 15) is 4.79 Å². The topological polar surface area (TPSA) is 41.6 Å². The van der Waals surface area contributed by atoms with Crippen LogP contribution in [0.3, 0.4) is 0 Å². The number of amides is 1. The molecule has 3 rings (SSSR count). The fourth-order valence-electron chi connectivity index (χ4n) is 4.18. The van der Waals surface area contributed by atoms with E-state index >= 15 is 0 Å². The zero-order valence-electron chi connectivity index (χ0n) is 16.6. The van der Waals surface area contributed by atoms with E-state index in [1.165, 1.54) is 18.4 Å². The molecule has 0 spiro atoms. The Labute approximate surface area is 158 Å². The minimum Gasteiger partial charge on any atom is -0.379 e. The molecule has 1 heterocycles. The molecule has 1 saturated carbocycles. The molecule has 4 heteroatoms. The highest BCUT2D eigenvalue weighted by Crippen LogP contribution is 2.40. The average molecular weight is 359 g/mol. The van der Waals surface area contributed by atoms with Gasteiger partial charge in [0.2, 0.25) is 5.91 Å². The summed E-state index contributed by atoms with van der Waals surface area (Å²) in [5.74, 6) is 1.10. The van der Waals surface area contributed by atoms with Gasteiger partial charge in [-0.25, -0.2) is 0 Å².